The molecular formula is C13H17FN4. The molecule has 1 aromatic carbocycles. The Morgan fingerprint density at radius 1 is 1.33 bits per heavy atom. The van der Waals surface area contributed by atoms with E-state index in [1.807, 2.05) is 19.2 Å². The molecule has 0 radical (unpaired) electrons. The first-order valence-electron chi connectivity index (χ1n) is 5.96. The monoisotopic (exact) mass is 248 g/mol. The van der Waals surface area contributed by atoms with Gasteiger partial charge in [0, 0.05) is 19.6 Å². The first-order chi connectivity index (χ1) is 8.65. The fourth-order valence-corrected chi connectivity index (χ4v) is 1.80. The fraction of sp³-hybridized carbons (Fsp3) is 0.385. The molecule has 18 heavy (non-hydrogen) atoms. The van der Waals surface area contributed by atoms with Gasteiger partial charge in [0.05, 0.1) is 11.9 Å². The zero-order valence-corrected chi connectivity index (χ0v) is 10.6. The van der Waals surface area contributed by atoms with Crippen molar-refractivity contribution in [1.29, 1.82) is 0 Å². The van der Waals surface area contributed by atoms with Crippen LogP contribution in [0, 0.1) is 5.82 Å². The van der Waals surface area contributed by atoms with Gasteiger partial charge in [-0.1, -0.05) is 17.3 Å². The highest BCUT2D eigenvalue weighted by atomic mass is 19.1. The van der Waals surface area contributed by atoms with Crippen LogP contribution >= 0.6 is 0 Å². The van der Waals surface area contributed by atoms with Crippen molar-refractivity contribution in [3.05, 3.63) is 47.5 Å². The molecule has 0 aliphatic heterocycles. The smallest absolute Gasteiger partial charge is 0.123 e. The van der Waals surface area contributed by atoms with Crippen molar-refractivity contribution in [2.75, 3.05) is 0 Å². The Bertz CT molecular complexity index is 492. The fourth-order valence-electron chi connectivity index (χ4n) is 1.80. The van der Waals surface area contributed by atoms with E-state index >= 15 is 0 Å². The van der Waals surface area contributed by atoms with Crippen LogP contribution in [0.15, 0.2) is 30.5 Å². The molecule has 2 rings (SSSR count). The number of nitrogens with one attached hydrogen (secondary N) is 1. The van der Waals surface area contributed by atoms with Crippen molar-refractivity contribution >= 4 is 0 Å². The van der Waals surface area contributed by atoms with E-state index in [0.29, 0.717) is 6.04 Å². The molecule has 0 fully saturated rings. The van der Waals surface area contributed by atoms with Gasteiger partial charge in [-0.3, -0.25) is 4.68 Å². The van der Waals surface area contributed by atoms with E-state index in [4.69, 9.17) is 0 Å². The highest BCUT2D eigenvalue weighted by Gasteiger charge is 2.05. The molecule has 1 N–H and O–H groups in total. The number of hydrogen-bond acceptors (Lipinski definition) is 3. The van der Waals surface area contributed by atoms with Gasteiger partial charge in [-0.2, -0.15) is 0 Å². The Labute approximate surface area is 106 Å². The minimum absolute atomic E-state index is 0.194. The standard InChI is InChI=1S/C13H17FN4/c1-10(7-11-3-5-12(14)6-4-11)15-8-13-9-16-17-18(13)2/h3-6,9-10,15H,7-8H2,1-2H3. The maximum absolute atomic E-state index is 12.8. The van der Waals surface area contributed by atoms with Gasteiger partial charge >= 0.3 is 0 Å². The second-order valence-electron chi connectivity index (χ2n) is 4.46. The molecule has 0 saturated heterocycles. The molecule has 0 saturated carbocycles. The first kappa shape index (κ1) is 12.7. The van der Waals surface area contributed by atoms with Crippen molar-refractivity contribution in [3.63, 3.8) is 0 Å². The molecule has 0 aliphatic rings. The van der Waals surface area contributed by atoms with E-state index < -0.39 is 0 Å². The zero-order valence-electron chi connectivity index (χ0n) is 10.6. The molecule has 5 heteroatoms. The molecule has 2 aromatic rings. The molecule has 96 valence electrons. The molecular weight excluding hydrogens is 231 g/mol. The van der Waals surface area contributed by atoms with Crippen LogP contribution < -0.4 is 5.32 Å². The van der Waals surface area contributed by atoms with E-state index in [0.717, 1.165) is 24.2 Å². The summed E-state index contributed by atoms with van der Waals surface area (Å²) in [6.45, 7) is 2.83. The van der Waals surface area contributed by atoms with Gasteiger partial charge in [-0.15, -0.1) is 5.10 Å². The Hall–Kier alpha value is -1.75. The van der Waals surface area contributed by atoms with Crippen LogP contribution in [0.25, 0.3) is 0 Å². The lowest BCUT2D eigenvalue weighted by atomic mass is 10.1. The summed E-state index contributed by atoms with van der Waals surface area (Å²) in [6.07, 6.45) is 2.61. The number of aryl methyl sites for hydroxylation is 1. The molecule has 1 aromatic heterocycles. The third-order valence-electron chi connectivity index (χ3n) is 2.90. The van der Waals surface area contributed by atoms with Gasteiger partial charge in [0.1, 0.15) is 5.82 Å². The van der Waals surface area contributed by atoms with Crippen LogP contribution in [0.4, 0.5) is 4.39 Å². The molecule has 0 aliphatic carbocycles. The Balaban J connectivity index is 1.83. The second kappa shape index (κ2) is 5.73. The summed E-state index contributed by atoms with van der Waals surface area (Å²) in [7, 11) is 1.87. The third-order valence-corrected chi connectivity index (χ3v) is 2.90. The average molecular weight is 248 g/mol. The van der Waals surface area contributed by atoms with E-state index in [2.05, 4.69) is 22.6 Å². The van der Waals surface area contributed by atoms with E-state index in [9.17, 15) is 4.39 Å². The van der Waals surface area contributed by atoms with Gasteiger partial charge in [-0.05, 0) is 31.0 Å². The lowest BCUT2D eigenvalue weighted by Crippen LogP contribution is -2.28. The zero-order chi connectivity index (χ0) is 13.0. The summed E-state index contributed by atoms with van der Waals surface area (Å²) in [6, 6.07) is 6.93. The minimum atomic E-state index is -0.194. The normalized spacial score (nSPS) is 12.6. The van der Waals surface area contributed by atoms with E-state index in [-0.39, 0.29) is 5.82 Å². The third kappa shape index (κ3) is 3.37. The SMILES string of the molecule is CC(Cc1ccc(F)cc1)NCc1cnnn1C. The first-order valence-corrected chi connectivity index (χ1v) is 5.96. The molecule has 0 bridgehead atoms. The van der Waals surface area contributed by atoms with Crippen LogP contribution in [0.1, 0.15) is 18.2 Å². The molecule has 0 amide bonds. The van der Waals surface area contributed by atoms with Gasteiger partial charge in [0.25, 0.3) is 0 Å². The second-order valence-corrected chi connectivity index (χ2v) is 4.46. The summed E-state index contributed by atoms with van der Waals surface area (Å²) in [5.41, 5.74) is 2.17. The predicted octanol–water partition coefficient (Wildman–Crippen LogP) is 1.68. The molecule has 4 nitrogen and oxygen atoms in total. The number of aromatic nitrogens is 3. The topological polar surface area (TPSA) is 42.7 Å². The van der Waals surface area contributed by atoms with Gasteiger partial charge in [-0.25, -0.2) is 4.39 Å². The van der Waals surface area contributed by atoms with Crippen molar-refractivity contribution < 1.29 is 4.39 Å². The van der Waals surface area contributed by atoms with Crippen LogP contribution in [0.3, 0.4) is 0 Å². The Kier molecular flexibility index (Phi) is 4.04. The summed E-state index contributed by atoms with van der Waals surface area (Å²) >= 11 is 0. The highest BCUT2D eigenvalue weighted by Crippen LogP contribution is 2.06. The summed E-state index contributed by atoms with van der Waals surface area (Å²) in [5, 5.41) is 11.1. The van der Waals surface area contributed by atoms with Crippen LogP contribution in [-0.2, 0) is 20.0 Å². The van der Waals surface area contributed by atoms with Crippen LogP contribution in [0.2, 0.25) is 0 Å². The number of halogens is 1. The van der Waals surface area contributed by atoms with E-state index in [1.54, 1.807) is 10.9 Å². The molecule has 1 unspecified atom stereocenters. The van der Waals surface area contributed by atoms with Crippen LogP contribution in [-0.4, -0.2) is 21.0 Å². The number of rotatable bonds is 5. The largest absolute Gasteiger partial charge is 0.308 e. The minimum Gasteiger partial charge on any atom is -0.308 e. The number of nitrogens with zero attached hydrogens (tertiary/aromatic N) is 3. The Morgan fingerprint density at radius 2 is 2.06 bits per heavy atom. The quantitative estimate of drug-likeness (QED) is 0.875. The number of hydrogen-bond donors (Lipinski definition) is 1. The number of benzene rings is 1. The molecule has 0 spiro atoms. The predicted molar refractivity (Wildman–Crippen MR) is 67.4 cm³/mol. The van der Waals surface area contributed by atoms with Crippen molar-refractivity contribution in [2.45, 2.75) is 25.9 Å². The Morgan fingerprint density at radius 3 is 2.67 bits per heavy atom. The summed E-state index contributed by atoms with van der Waals surface area (Å²) < 4.78 is 14.5. The van der Waals surface area contributed by atoms with Gasteiger partial charge in [0.15, 0.2) is 0 Å². The lowest BCUT2D eigenvalue weighted by molar-refractivity contribution is 0.524. The maximum atomic E-state index is 12.8. The van der Waals surface area contributed by atoms with Gasteiger partial charge < -0.3 is 5.32 Å². The maximum Gasteiger partial charge on any atom is 0.123 e. The van der Waals surface area contributed by atoms with Crippen molar-refractivity contribution in [1.82, 2.24) is 20.3 Å². The van der Waals surface area contributed by atoms with Crippen molar-refractivity contribution in [3.8, 4) is 0 Å². The lowest BCUT2D eigenvalue weighted by Gasteiger charge is -2.13. The molecule has 1 atom stereocenters. The van der Waals surface area contributed by atoms with Crippen molar-refractivity contribution in [2.24, 2.45) is 7.05 Å². The van der Waals surface area contributed by atoms with Crippen LogP contribution in [0.5, 0.6) is 0 Å². The molecule has 1 heterocycles. The average Bonchev–Trinajstić information content (AvgIpc) is 2.75. The highest BCUT2D eigenvalue weighted by molar-refractivity contribution is 5.17. The van der Waals surface area contributed by atoms with Gasteiger partial charge in [0.2, 0.25) is 0 Å². The summed E-state index contributed by atoms with van der Waals surface area (Å²) in [5.74, 6) is -0.194. The summed E-state index contributed by atoms with van der Waals surface area (Å²) in [4.78, 5) is 0. The van der Waals surface area contributed by atoms with E-state index in [1.165, 1.54) is 12.1 Å².